The van der Waals surface area contributed by atoms with E-state index in [1.54, 1.807) is 38.4 Å². The van der Waals surface area contributed by atoms with E-state index >= 15 is 0 Å². The molecule has 0 aliphatic heterocycles. The van der Waals surface area contributed by atoms with Crippen LogP contribution in [0.2, 0.25) is 0 Å². The van der Waals surface area contributed by atoms with Crippen LogP contribution in [0, 0.1) is 6.92 Å². The van der Waals surface area contributed by atoms with Crippen LogP contribution in [0.1, 0.15) is 24.2 Å². The van der Waals surface area contributed by atoms with Crippen molar-refractivity contribution in [3.8, 4) is 0 Å². The number of nitrogens with zero attached hydrogens (tertiary/aromatic N) is 2. The first-order valence-electron chi connectivity index (χ1n) is 5.91. The van der Waals surface area contributed by atoms with E-state index in [0.29, 0.717) is 17.0 Å². The van der Waals surface area contributed by atoms with E-state index in [1.807, 2.05) is 0 Å². The average molecular weight is 313 g/mol. The molecule has 0 aromatic carbocycles. The molecular formula is C12H15N3O3S2. The van der Waals surface area contributed by atoms with Crippen molar-refractivity contribution in [2.45, 2.75) is 24.1 Å². The van der Waals surface area contributed by atoms with E-state index in [4.69, 9.17) is 0 Å². The van der Waals surface area contributed by atoms with Crippen molar-refractivity contribution >= 4 is 21.4 Å². The van der Waals surface area contributed by atoms with Gasteiger partial charge in [-0.1, -0.05) is 11.3 Å². The molecule has 0 aliphatic rings. The van der Waals surface area contributed by atoms with Crippen molar-refractivity contribution in [2.24, 2.45) is 0 Å². The van der Waals surface area contributed by atoms with E-state index in [-0.39, 0.29) is 15.1 Å². The maximum absolute atomic E-state index is 12.5. The maximum Gasteiger partial charge on any atom is 0.305 e. The molecule has 0 bridgehead atoms. The van der Waals surface area contributed by atoms with Gasteiger partial charge in [0.1, 0.15) is 0 Å². The molecule has 0 amide bonds. The predicted molar refractivity (Wildman–Crippen MR) is 77.3 cm³/mol. The summed E-state index contributed by atoms with van der Waals surface area (Å²) >= 11 is 0.709. The molecule has 8 heteroatoms. The summed E-state index contributed by atoms with van der Waals surface area (Å²) in [5.74, 6) is 0. The smallest absolute Gasteiger partial charge is 0.305 e. The monoisotopic (exact) mass is 313 g/mol. The molecule has 0 aliphatic carbocycles. The molecule has 0 saturated carbocycles. The van der Waals surface area contributed by atoms with Gasteiger partial charge in [-0.15, -0.1) is 0 Å². The third kappa shape index (κ3) is 2.67. The van der Waals surface area contributed by atoms with Gasteiger partial charge in [-0.05, 0) is 31.5 Å². The van der Waals surface area contributed by atoms with Crippen LogP contribution >= 0.6 is 11.3 Å². The molecule has 0 saturated heterocycles. The van der Waals surface area contributed by atoms with Crippen molar-refractivity contribution in [1.82, 2.24) is 14.3 Å². The second-order valence-corrected chi connectivity index (χ2v) is 7.58. The Hall–Kier alpha value is -1.51. The molecule has 0 radical (unpaired) electrons. The second kappa shape index (κ2) is 5.47. The van der Waals surface area contributed by atoms with Gasteiger partial charge in [0, 0.05) is 31.2 Å². The fraction of sp³-hybridized carbons (Fsp3) is 0.333. The molecule has 6 nitrogen and oxygen atoms in total. The first-order chi connectivity index (χ1) is 9.34. The third-order valence-electron chi connectivity index (χ3n) is 3.13. The summed E-state index contributed by atoms with van der Waals surface area (Å²) in [4.78, 5) is 17.3. The molecule has 108 valence electrons. The lowest BCUT2D eigenvalue weighted by molar-refractivity contribution is 0.399. The normalized spacial score (nSPS) is 13.6. The van der Waals surface area contributed by atoms with Gasteiger partial charge in [-0.2, -0.15) is 4.31 Å². The van der Waals surface area contributed by atoms with Crippen LogP contribution in [0.15, 0.2) is 33.5 Å². The van der Waals surface area contributed by atoms with Gasteiger partial charge in [-0.3, -0.25) is 9.78 Å². The van der Waals surface area contributed by atoms with Gasteiger partial charge in [0.05, 0.1) is 0 Å². The third-order valence-corrected chi connectivity index (χ3v) is 6.64. The summed E-state index contributed by atoms with van der Waals surface area (Å²) in [6.45, 7) is 3.37. The molecule has 20 heavy (non-hydrogen) atoms. The van der Waals surface area contributed by atoms with Crippen molar-refractivity contribution in [2.75, 3.05) is 7.05 Å². The number of hydrogen-bond donors (Lipinski definition) is 1. The minimum Gasteiger partial charge on any atom is -0.315 e. The number of thiazole rings is 1. The Morgan fingerprint density at radius 2 is 1.95 bits per heavy atom. The summed E-state index contributed by atoms with van der Waals surface area (Å²) in [6, 6.07) is 3.19. The molecule has 1 atom stereocenters. The predicted octanol–water partition coefficient (Wildman–Crippen LogP) is 1.52. The number of pyridine rings is 1. The van der Waals surface area contributed by atoms with Gasteiger partial charge in [0.2, 0.25) is 0 Å². The van der Waals surface area contributed by atoms with Crippen LogP contribution in [0.5, 0.6) is 0 Å². The van der Waals surface area contributed by atoms with Crippen molar-refractivity contribution < 1.29 is 8.42 Å². The highest BCUT2D eigenvalue weighted by Gasteiger charge is 2.29. The molecule has 0 spiro atoms. The Bertz CT molecular complexity index is 750. The van der Waals surface area contributed by atoms with Gasteiger partial charge >= 0.3 is 4.87 Å². The number of hydrogen-bond acceptors (Lipinski definition) is 5. The van der Waals surface area contributed by atoms with Gasteiger partial charge < -0.3 is 4.98 Å². The van der Waals surface area contributed by atoms with Gasteiger partial charge in [-0.25, -0.2) is 8.42 Å². The largest absolute Gasteiger partial charge is 0.315 e. The van der Waals surface area contributed by atoms with Crippen LogP contribution in [0.3, 0.4) is 0 Å². The fourth-order valence-corrected chi connectivity index (χ4v) is 4.64. The van der Waals surface area contributed by atoms with Gasteiger partial charge in [0.25, 0.3) is 10.0 Å². The van der Waals surface area contributed by atoms with Crippen LogP contribution in [0.25, 0.3) is 0 Å². The van der Waals surface area contributed by atoms with Crippen LogP contribution in [0.4, 0.5) is 0 Å². The summed E-state index contributed by atoms with van der Waals surface area (Å²) in [6.07, 6.45) is 3.23. The highest BCUT2D eigenvalue weighted by atomic mass is 32.2. The Labute approximate surface area is 121 Å². The molecule has 2 aromatic rings. The molecule has 0 fully saturated rings. The summed E-state index contributed by atoms with van der Waals surface area (Å²) < 4.78 is 26.4. The SMILES string of the molecule is Cc1[nH]c(=O)sc1S(=O)(=O)N(C)C(C)c1ccncc1. The van der Waals surface area contributed by atoms with Gasteiger partial charge in [0.15, 0.2) is 4.21 Å². The van der Waals surface area contributed by atoms with E-state index in [0.717, 1.165) is 5.56 Å². The minimum atomic E-state index is -3.70. The molecular weight excluding hydrogens is 298 g/mol. The van der Waals surface area contributed by atoms with E-state index in [1.165, 1.54) is 11.4 Å². The molecule has 2 aromatic heterocycles. The number of aryl methyl sites for hydroxylation is 1. The zero-order valence-electron chi connectivity index (χ0n) is 11.3. The molecule has 2 heterocycles. The van der Waals surface area contributed by atoms with Crippen molar-refractivity contribution in [1.29, 1.82) is 0 Å². The van der Waals surface area contributed by atoms with Crippen LogP contribution in [-0.2, 0) is 10.0 Å². The summed E-state index contributed by atoms with van der Waals surface area (Å²) in [7, 11) is -2.19. The maximum atomic E-state index is 12.5. The second-order valence-electron chi connectivity index (χ2n) is 4.40. The lowest BCUT2D eigenvalue weighted by Crippen LogP contribution is -2.29. The number of rotatable bonds is 4. The van der Waals surface area contributed by atoms with Crippen LogP contribution < -0.4 is 4.87 Å². The minimum absolute atomic E-state index is 0.0610. The fourth-order valence-electron chi connectivity index (χ4n) is 1.83. The van der Waals surface area contributed by atoms with Crippen molar-refractivity contribution in [3.05, 3.63) is 45.5 Å². The number of nitrogens with one attached hydrogen (secondary N) is 1. The van der Waals surface area contributed by atoms with Crippen LogP contribution in [-0.4, -0.2) is 29.7 Å². The van der Waals surface area contributed by atoms with E-state index in [2.05, 4.69) is 9.97 Å². The zero-order chi connectivity index (χ0) is 14.9. The van der Waals surface area contributed by atoms with Crippen molar-refractivity contribution in [3.63, 3.8) is 0 Å². The van der Waals surface area contributed by atoms with E-state index in [9.17, 15) is 13.2 Å². The Morgan fingerprint density at radius 3 is 2.45 bits per heavy atom. The Morgan fingerprint density at radius 1 is 1.35 bits per heavy atom. The lowest BCUT2D eigenvalue weighted by atomic mass is 10.1. The first kappa shape index (κ1) is 14.9. The topological polar surface area (TPSA) is 83.1 Å². The molecule has 1 N–H and O–H groups in total. The summed E-state index contributed by atoms with van der Waals surface area (Å²) in [5.41, 5.74) is 1.21. The molecule has 2 rings (SSSR count). The number of sulfonamides is 1. The average Bonchev–Trinajstić information content (AvgIpc) is 2.77. The summed E-state index contributed by atoms with van der Waals surface area (Å²) in [5, 5.41) is 0. The number of aromatic nitrogens is 2. The van der Waals surface area contributed by atoms with E-state index < -0.39 is 10.0 Å². The highest BCUT2D eigenvalue weighted by molar-refractivity contribution is 7.91. The molecule has 1 unspecified atom stereocenters. The zero-order valence-corrected chi connectivity index (χ0v) is 13.0. The standard InChI is InChI=1S/C12H15N3O3S2/c1-8-11(19-12(16)14-8)20(17,18)15(3)9(2)10-4-6-13-7-5-10/h4-7,9H,1-3H3,(H,14,16). The highest BCUT2D eigenvalue weighted by Crippen LogP contribution is 2.27. The Balaban J connectivity index is 2.40. The first-order valence-corrected chi connectivity index (χ1v) is 8.17. The number of aromatic amines is 1. The Kier molecular flexibility index (Phi) is 4.07. The lowest BCUT2D eigenvalue weighted by Gasteiger charge is -2.24. The number of H-pyrrole nitrogens is 1. The quantitative estimate of drug-likeness (QED) is 0.927.